The molecule has 5 heteroatoms. The molecule has 0 aliphatic carbocycles. The number of carbonyl (C=O) groups is 1. The number of amides is 1. The van der Waals surface area contributed by atoms with Crippen molar-refractivity contribution >= 4 is 16.8 Å². The fourth-order valence-electron chi connectivity index (χ4n) is 3.78. The van der Waals surface area contributed by atoms with Crippen LogP contribution < -0.4 is 0 Å². The molecule has 1 aliphatic heterocycles. The number of H-pyrrole nitrogens is 1. The zero-order chi connectivity index (χ0) is 17.5. The predicted molar refractivity (Wildman–Crippen MR) is 96.4 cm³/mol. The summed E-state index contributed by atoms with van der Waals surface area (Å²) in [6.45, 7) is 11.3. The topological polar surface area (TPSA) is 59.6 Å². The van der Waals surface area contributed by atoms with E-state index in [-0.39, 0.29) is 18.1 Å². The highest BCUT2D eigenvalue weighted by Crippen LogP contribution is 2.25. The van der Waals surface area contributed by atoms with E-state index in [1.54, 1.807) is 0 Å². The number of nitrogens with zero attached hydrogens (tertiary/aromatic N) is 2. The Hall–Kier alpha value is -1.85. The first-order chi connectivity index (χ1) is 11.3. The van der Waals surface area contributed by atoms with Crippen LogP contribution in [0.15, 0.2) is 18.2 Å². The van der Waals surface area contributed by atoms with Crippen molar-refractivity contribution in [1.29, 1.82) is 0 Å². The molecule has 1 amide bonds. The molecular formula is C19H27N3O2. The molecule has 0 spiro atoms. The van der Waals surface area contributed by atoms with Gasteiger partial charge in [0.05, 0.1) is 6.61 Å². The lowest BCUT2D eigenvalue weighted by atomic mass is 9.98. The fraction of sp³-hybridized carbons (Fsp3) is 0.526. The Balaban J connectivity index is 1.84. The van der Waals surface area contributed by atoms with Crippen LogP contribution in [0.5, 0.6) is 0 Å². The number of aliphatic hydroxyl groups is 1. The SMILES string of the molecule is Cc1cc(C)c2cc(C(=O)N3CCN(CCO)C(C)(C)C3)[nH]c2c1. The van der Waals surface area contributed by atoms with Gasteiger partial charge in [-0.15, -0.1) is 0 Å². The second-order valence-corrected chi connectivity index (χ2v) is 7.48. The average Bonchev–Trinajstić information content (AvgIpc) is 2.92. The molecule has 0 atom stereocenters. The van der Waals surface area contributed by atoms with Gasteiger partial charge in [0.2, 0.25) is 0 Å². The number of β-amino-alcohol motifs (C(OH)–C–C–N with tert-alkyl or cyclic N) is 1. The van der Waals surface area contributed by atoms with E-state index in [0.717, 1.165) is 17.4 Å². The van der Waals surface area contributed by atoms with Crippen LogP contribution in [0.3, 0.4) is 0 Å². The maximum Gasteiger partial charge on any atom is 0.270 e. The zero-order valence-corrected chi connectivity index (χ0v) is 15.0. The van der Waals surface area contributed by atoms with Crippen molar-refractivity contribution < 1.29 is 9.90 Å². The van der Waals surface area contributed by atoms with E-state index < -0.39 is 0 Å². The number of fused-ring (bicyclic) bond motifs is 1. The molecule has 1 aromatic heterocycles. The van der Waals surface area contributed by atoms with Crippen molar-refractivity contribution in [3.8, 4) is 0 Å². The summed E-state index contributed by atoms with van der Waals surface area (Å²) >= 11 is 0. The molecule has 1 aromatic carbocycles. The molecule has 0 unspecified atom stereocenters. The number of hydrogen-bond acceptors (Lipinski definition) is 3. The summed E-state index contributed by atoms with van der Waals surface area (Å²) in [7, 11) is 0. The van der Waals surface area contributed by atoms with E-state index in [0.29, 0.717) is 25.3 Å². The molecule has 0 bridgehead atoms. The summed E-state index contributed by atoms with van der Waals surface area (Å²) in [5.74, 6) is 0.0555. The third kappa shape index (κ3) is 3.06. The van der Waals surface area contributed by atoms with Crippen molar-refractivity contribution in [2.45, 2.75) is 33.2 Å². The van der Waals surface area contributed by atoms with Crippen LogP contribution >= 0.6 is 0 Å². The Kier molecular flexibility index (Phi) is 4.40. The predicted octanol–water partition coefficient (Wildman–Crippen LogP) is 2.31. The molecule has 3 rings (SSSR count). The first-order valence-corrected chi connectivity index (χ1v) is 8.57. The quantitative estimate of drug-likeness (QED) is 0.908. The van der Waals surface area contributed by atoms with Crippen LogP contribution in [0, 0.1) is 13.8 Å². The lowest BCUT2D eigenvalue weighted by Crippen LogP contribution is -2.60. The third-order valence-corrected chi connectivity index (χ3v) is 5.05. The van der Waals surface area contributed by atoms with Crippen LogP contribution in [-0.4, -0.2) is 64.1 Å². The lowest BCUT2D eigenvalue weighted by molar-refractivity contribution is 0.0105. The number of hydrogen-bond donors (Lipinski definition) is 2. The number of rotatable bonds is 3. The van der Waals surface area contributed by atoms with Crippen molar-refractivity contribution in [1.82, 2.24) is 14.8 Å². The van der Waals surface area contributed by atoms with Gasteiger partial charge in [0.1, 0.15) is 5.69 Å². The number of aromatic amines is 1. The van der Waals surface area contributed by atoms with Gasteiger partial charge in [0.25, 0.3) is 5.91 Å². The van der Waals surface area contributed by atoms with Gasteiger partial charge in [-0.1, -0.05) is 6.07 Å². The van der Waals surface area contributed by atoms with Crippen LogP contribution in [0.2, 0.25) is 0 Å². The Morgan fingerprint density at radius 2 is 2.00 bits per heavy atom. The van der Waals surface area contributed by atoms with Crippen molar-refractivity contribution in [2.24, 2.45) is 0 Å². The first-order valence-electron chi connectivity index (χ1n) is 8.57. The summed E-state index contributed by atoms with van der Waals surface area (Å²) in [6, 6.07) is 6.20. The summed E-state index contributed by atoms with van der Waals surface area (Å²) in [4.78, 5) is 20.4. The van der Waals surface area contributed by atoms with Gasteiger partial charge < -0.3 is 15.0 Å². The minimum atomic E-state index is -0.130. The summed E-state index contributed by atoms with van der Waals surface area (Å²) in [5, 5.41) is 10.3. The van der Waals surface area contributed by atoms with Gasteiger partial charge in [-0.05, 0) is 51.0 Å². The zero-order valence-electron chi connectivity index (χ0n) is 15.0. The number of nitrogens with one attached hydrogen (secondary N) is 1. The second kappa shape index (κ2) is 6.22. The maximum absolute atomic E-state index is 12.9. The molecular weight excluding hydrogens is 302 g/mol. The monoisotopic (exact) mass is 329 g/mol. The van der Waals surface area contributed by atoms with E-state index in [9.17, 15) is 9.90 Å². The van der Waals surface area contributed by atoms with Crippen LogP contribution in [0.4, 0.5) is 0 Å². The molecule has 0 radical (unpaired) electrons. The van der Waals surface area contributed by atoms with E-state index in [2.05, 4.69) is 49.7 Å². The highest BCUT2D eigenvalue weighted by molar-refractivity contribution is 5.99. The molecule has 2 aromatic rings. The van der Waals surface area contributed by atoms with E-state index in [1.165, 1.54) is 11.1 Å². The van der Waals surface area contributed by atoms with Gasteiger partial charge >= 0.3 is 0 Å². The second-order valence-electron chi connectivity index (χ2n) is 7.48. The van der Waals surface area contributed by atoms with Gasteiger partial charge in [-0.2, -0.15) is 0 Å². The number of aliphatic hydroxyl groups excluding tert-OH is 1. The molecule has 24 heavy (non-hydrogen) atoms. The molecule has 1 fully saturated rings. The number of carbonyl (C=O) groups excluding carboxylic acids is 1. The van der Waals surface area contributed by atoms with Gasteiger partial charge in [0.15, 0.2) is 0 Å². The summed E-state index contributed by atoms with van der Waals surface area (Å²) < 4.78 is 0. The van der Waals surface area contributed by atoms with Gasteiger partial charge in [0, 0.05) is 42.6 Å². The maximum atomic E-state index is 12.9. The van der Waals surface area contributed by atoms with E-state index in [4.69, 9.17) is 0 Å². The van der Waals surface area contributed by atoms with Gasteiger partial charge in [-0.25, -0.2) is 0 Å². The van der Waals surface area contributed by atoms with E-state index in [1.807, 2.05) is 11.0 Å². The highest BCUT2D eigenvalue weighted by atomic mass is 16.3. The number of aromatic nitrogens is 1. The van der Waals surface area contributed by atoms with Crippen LogP contribution in [0.1, 0.15) is 35.5 Å². The molecule has 1 aliphatic rings. The largest absolute Gasteiger partial charge is 0.395 e. The lowest BCUT2D eigenvalue weighted by Gasteiger charge is -2.46. The number of aryl methyl sites for hydroxylation is 2. The fourth-order valence-corrected chi connectivity index (χ4v) is 3.78. The first kappa shape index (κ1) is 17.0. The summed E-state index contributed by atoms with van der Waals surface area (Å²) in [5.41, 5.74) is 3.93. The van der Waals surface area contributed by atoms with Gasteiger partial charge in [-0.3, -0.25) is 9.69 Å². The molecule has 2 heterocycles. The average molecular weight is 329 g/mol. The minimum Gasteiger partial charge on any atom is -0.395 e. The Bertz CT molecular complexity index is 763. The molecule has 5 nitrogen and oxygen atoms in total. The smallest absolute Gasteiger partial charge is 0.270 e. The summed E-state index contributed by atoms with van der Waals surface area (Å²) in [6.07, 6.45) is 0. The Morgan fingerprint density at radius 3 is 2.67 bits per heavy atom. The van der Waals surface area contributed by atoms with E-state index >= 15 is 0 Å². The van der Waals surface area contributed by atoms with Crippen LogP contribution in [0.25, 0.3) is 10.9 Å². The highest BCUT2D eigenvalue weighted by Gasteiger charge is 2.35. The van der Waals surface area contributed by atoms with Crippen molar-refractivity contribution in [3.63, 3.8) is 0 Å². The molecule has 130 valence electrons. The number of piperazine rings is 1. The Labute approximate surface area is 143 Å². The number of benzene rings is 1. The molecule has 2 N–H and O–H groups in total. The molecule has 1 saturated heterocycles. The Morgan fingerprint density at radius 1 is 1.25 bits per heavy atom. The normalized spacial score (nSPS) is 18.3. The standard InChI is InChI=1S/C19H27N3O2/c1-13-9-14(2)15-11-17(20-16(15)10-13)18(24)21-5-6-22(7-8-23)19(3,4)12-21/h9-11,20,23H,5-8,12H2,1-4H3. The third-order valence-electron chi connectivity index (χ3n) is 5.05. The molecule has 0 saturated carbocycles. The van der Waals surface area contributed by atoms with Crippen molar-refractivity contribution in [3.05, 3.63) is 35.0 Å². The minimum absolute atomic E-state index is 0.0555. The van der Waals surface area contributed by atoms with Crippen LogP contribution in [-0.2, 0) is 0 Å². The van der Waals surface area contributed by atoms with Crippen molar-refractivity contribution in [2.75, 3.05) is 32.8 Å².